The molecule has 0 aliphatic heterocycles. The Bertz CT molecular complexity index is 783. The van der Waals surface area contributed by atoms with E-state index >= 15 is 0 Å². The van der Waals surface area contributed by atoms with Crippen LogP contribution in [0.3, 0.4) is 0 Å². The van der Waals surface area contributed by atoms with E-state index < -0.39 is 0 Å². The van der Waals surface area contributed by atoms with Crippen molar-refractivity contribution in [3.05, 3.63) is 24.3 Å². The fourth-order valence-electron chi connectivity index (χ4n) is 4.06. The minimum atomic E-state index is -0.271. The molecular weight excluding hydrogens is 480 g/mol. The monoisotopic (exact) mass is 532 g/mol. The lowest BCUT2D eigenvalue weighted by Crippen LogP contribution is -2.49. The van der Waals surface area contributed by atoms with Crippen LogP contribution < -0.4 is 20.8 Å². The number of ether oxygens (including phenoxy) is 1. The van der Waals surface area contributed by atoms with Crippen molar-refractivity contribution >= 4 is 23.4 Å². The van der Waals surface area contributed by atoms with Gasteiger partial charge in [-0.15, -0.1) is 0 Å². The summed E-state index contributed by atoms with van der Waals surface area (Å²) in [6, 6.07) is 7.34. The number of rotatable bonds is 21. The van der Waals surface area contributed by atoms with Crippen molar-refractivity contribution in [1.82, 2.24) is 15.8 Å². The Labute approximate surface area is 230 Å². The zero-order valence-electron chi connectivity index (χ0n) is 24.3. The van der Waals surface area contributed by atoms with Crippen LogP contribution in [-0.2, 0) is 14.4 Å². The van der Waals surface area contributed by atoms with Crippen molar-refractivity contribution in [2.24, 2.45) is 5.92 Å². The van der Waals surface area contributed by atoms with E-state index in [-0.39, 0.29) is 30.2 Å². The summed E-state index contributed by atoms with van der Waals surface area (Å²) < 4.78 is 5.74. The Kier molecular flexibility index (Phi) is 18.5. The molecule has 0 aliphatic rings. The van der Waals surface area contributed by atoms with Crippen molar-refractivity contribution in [2.75, 3.05) is 31.6 Å². The van der Waals surface area contributed by atoms with Crippen LogP contribution in [-0.4, -0.2) is 49.0 Å². The Morgan fingerprint density at radius 3 is 2.05 bits per heavy atom. The summed E-state index contributed by atoms with van der Waals surface area (Å²) >= 11 is 0. The van der Waals surface area contributed by atoms with Gasteiger partial charge in [-0.05, 0) is 43.0 Å². The van der Waals surface area contributed by atoms with Crippen LogP contribution in [0.5, 0.6) is 5.75 Å². The zero-order valence-corrected chi connectivity index (χ0v) is 24.3. The number of benzene rings is 1. The number of hydrogen-bond donors (Lipinski definition) is 3. The van der Waals surface area contributed by atoms with E-state index in [0.29, 0.717) is 31.7 Å². The van der Waals surface area contributed by atoms with Gasteiger partial charge in [0.2, 0.25) is 11.8 Å². The number of carbonyl (C=O) groups excluding carboxylic acids is 3. The molecule has 0 saturated carbocycles. The van der Waals surface area contributed by atoms with E-state index in [1.807, 2.05) is 38.1 Å². The molecule has 0 heterocycles. The molecule has 3 N–H and O–H groups in total. The lowest BCUT2D eigenvalue weighted by atomic mass is 10.1. The second kappa shape index (κ2) is 21.2. The molecule has 0 aliphatic carbocycles. The molecule has 38 heavy (non-hydrogen) atoms. The van der Waals surface area contributed by atoms with Gasteiger partial charge < -0.3 is 15.4 Å². The molecule has 0 bridgehead atoms. The molecule has 0 aromatic heterocycles. The number of carbonyl (C=O) groups is 3. The quantitative estimate of drug-likeness (QED) is 0.137. The number of hydrazine groups is 1. The van der Waals surface area contributed by atoms with Gasteiger partial charge in [0.1, 0.15) is 5.75 Å². The lowest BCUT2D eigenvalue weighted by Gasteiger charge is -2.24. The van der Waals surface area contributed by atoms with Gasteiger partial charge in [0.05, 0.1) is 13.2 Å². The molecule has 1 rings (SSSR count). The predicted molar refractivity (Wildman–Crippen MR) is 155 cm³/mol. The van der Waals surface area contributed by atoms with Gasteiger partial charge in [-0.3, -0.25) is 24.8 Å². The molecule has 0 fully saturated rings. The number of unbranched alkanes of at least 4 members (excludes halogenated alkanes) is 9. The Morgan fingerprint density at radius 1 is 0.868 bits per heavy atom. The average Bonchev–Trinajstić information content (AvgIpc) is 2.88. The lowest BCUT2D eigenvalue weighted by molar-refractivity contribution is -0.139. The fraction of sp³-hybridized carbons (Fsp3) is 0.700. The maximum absolute atomic E-state index is 12.4. The van der Waals surface area contributed by atoms with Gasteiger partial charge in [-0.2, -0.15) is 0 Å². The molecule has 8 heteroatoms. The van der Waals surface area contributed by atoms with E-state index in [4.69, 9.17) is 4.74 Å². The van der Waals surface area contributed by atoms with E-state index in [9.17, 15) is 14.4 Å². The smallest absolute Gasteiger partial charge is 0.260 e. The summed E-state index contributed by atoms with van der Waals surface area (Å²) in [4.78, 5) is 35.8. The molecule has 216 valence electrons. The summed E-state index contributed by atoms with van der Waals surface area (Å²) in [6.45, 7) is 9.36. The van der Waals surface area contributed by atoms with E-state index in [2.05, 4.69) is 23.0 Å². The first kappa shape index (κ1) is 33.3. The topological polar surface area (TPSA) is 99.8 Å². The third kappa shape index (κ3) is 17.6. The standard InChI is InChI=1S/C30H52N4O4/c1-5-6-7-8-9-10-11-12-13-14-21-31-29(36)16-15-22-38-28-19-17-27(18-20-28)32-23-30(37)34(24-25(2)3)33-26(4)35/h17-20,25,32H,5-16,21-24H2,1-4H3,(H,31,36)(H,33,35). The molecular formula is C30H52N4O4. The molecule has 1 aromatic rings. The normalized spacial score (nSPS) is 10.8. The SMILES string of the molecule is CCCCCCCCCCCCNC(=O)CCCOc1ccc(NCC(=O)N(CC(C)C)NC(C)=O)cc1. The highest BCUT2D eigenvalue weighted by atomic mass is 16.5. The first-order valence-electron chi connectivity index (χ1n) is 14.6. The highest BCUT2D eigenvalue weighted by Gasteiger charge is 2.15. The maximum atomic E-state index is 12.4. The summed E-state index contributed by atoms with van der Waals surface area (Å²) in [5.41, 5.74) is 3.36. The molecule has 0 unspecified atom stereocenters. The van der Waals surface area contributed by atoms with Crippen LogP contribution in [0.15, 0.2) is 24.3 Å². The number of hydrogen-bond acceptors (Lipinski definition) is 5. The van der Waals surface area contributed by atoms with Gasteiger partial charge >= 0.3 is 0 Å². The maximum Gasteiger partial charge on any atom is 0.260 e. The summed E-state index contributed by atoms with van der Waals surface area (Å²) in [7, 11) is 0. The van der Waals surface area contributed by atoms with Crippen LogP contribution in [0.25, 0.3) is 0 Å². The van der Waals surface area contributed by atoms with Crippen molar-refractivity contribution in [1.29, 1.82) is 0 Å². The molecule has 3 amide bonds. The zero-order chi connectivity index (χ0) is 28.0. The van der Waals surface area contributed by atoms with Gasteiger partial charge in [-0.25, -0.2) is 0 Å². The van der Waals surface area contributed by atoms with Crippen LogP contribution in [0.4, 0.5) is 5.69 Å². The van der Waals surface area contributed by atoms with Crippen molar-refractivity contribution < 1.29 is 19.1 Å². The highest BCUT2D eigenvalue weighted by Crippen LogP contribution is 2.16. The molecule has 0 atom stereocenters. The van der Waals surface area contributed by atoms with Gasteiger partial charge in [0.25, 0.3) is 5.91 Å². The minimum Gasteiger partial charge on any atom is -0.494 e. The van der Waals surface area contributed by atoms with E-state index in [1.54, 1.807) is 0 Å². The predicted octanol–water partition coefficient (Wildman–Crippen LogP) is 5.83. The van der Waals surface area contributed by atoms with Crippen molar-refractivity contribution in [2.45, 2.75) is 105 Å². The van der Waals surface area contributed by atoms with E-state index in [1.165, 1.54) is 69.7 Å². The van der Waals surface area contributed by atoms with Crippen LogP contribution in [0, 0.1) is 5.92 Å². The Balaban J connectivity index is 2.12. The summed E-state index contributed by atoms with van der Waals surface area (Å²) in [5.74, 6) is 0.553. The van der Waals surface area contributed by atoms with Gasteiger partial charge in [0.15, 0.2) is 0 Å². The number of amides is 3. The fourth-order valence-corrected chi connectivity index (χ4v) is 4.06. The first-order valence-corrected chi connectivity index (χ1v) is 14.6. The van der Waals surface area contributed by atoms with Crippen molar-refractivity contribution in [3.8, 4) is 5.75 Å². The van der Waals surface area contributed by atoms with Crippen LogP contribution >= 0.6 is 0 Å². The summed E-state index contributed by atoms with van der Waals surface area (Å²) in [5, 5.41) is 7.44. The Morgan fingerprint density at radius 2 is 1.47 bits per heavy atom. The average molecular weight is 533 g/mol. The van der Waals surface area contributed by atoms with Gasteiger partial charge in [0, 0.05) is 32.1 Å². The number of anilines is 1. The van der Waals surface area contributed by atoms with Crippen LogP contribution in [0.2, 0.25) is 0 Å². The molecule has 0 saturated heterocycles. The molecule has 0 spiro atoms. The minimum absolute atomic E-state index is 0.0709. The Hall–Kier alpha value is -2.77. The highest BCUT2D eigenvalue weighted by molar-refractivity contribution is 5.84. The number of nitrogens with zero attached hydrogens (tertiary/aromatic N) is 1. The van der Waals surface area contributed by atoms with Crippen LogP contribution in [0.1, 0.15) is 105 Å². The molecule has 0 radical (unpaired) electrons. The molecule has 8 nitrogen and oxygen atoms in total. The largest absolute Gasteiger partial charge is 0.494 e. The third-order valence-corrected chi connectivity index (χ3v) is 6.11. The second-order valence-electron chi connectivity index (χ2n) is 10.4. The number of nitrogens with one attached hydrogen (secondary N) is 3. The van der Waals surface area contributed by atoms with Gasteiger partial charge in [-0.1, -0.05) is 78.6 Å². The van der Waals surface area contributed by atoms with E-state index in [0.717, 1.165) is 18.7 Å². The summed E-state index contributed by atoms with van der Waals surface area (Å²) in [6.07, 6.45) is 14.0. The second-order valence-corrected chi connectivity index (χ2v) is 10.4. The first-order chi connectivity index (χ1) is 18.3. The third-order valence-electron chi connectivity index (χ3n) is 6.11. The van der Waals surface area contributed by atoms with Crippen molar-refractivity contribution in [3.63, 3.8) is 0 Å². The molecule has 1 aromatic carbocycles.